The molecule has 4 heteroatoms. The summed E-state index contributed by atoms with van der Waals surface area (Å²) in [6, 6.07) is 3.62. The van der Waals surface area contributed by atoms with Crippen LogP contribution >= 0.6 is 0 Å². The number of hydrogen-bond donors (Lipinski definition) is 0. The SMILES string of the molecule is O=C(CN1CC2CCC1C2)c1ccc(F)cc1F. The van der Waals surface area contributed by atoms with Gasteiger partial charge in [0.25, 0.3) is 0 Å². The number of piperidine rings is 1. The average molecular weight is 251 g/mol. The highest BCUT2D eigenvalue weighted by molar-refractivity contribution is 5.97. The van der Waals surface area contributed by atoms with Gasteiger partial charge >= 0.3 is 0 Å². The first-order valence-electron chi connectivity index (χ1n) is 6.36. The van der Waals surface area contributed by atoms with Gasteiger partial charge in [0.05, 0.1) is 12.1 Å². The van der Waals surface area contributed by atoms with Crippen molar-refractivity contribution in [1.82, 2.24) is 4.90 Å². The number of nitrogens with zero attached hydrogens (tertiary/aromatic N) is 1. The Hall–Kier alpha value is -1.29. The van der Waals surface area contributed by atoms with Gasteiger partial charge in [-0.3, -0.25) is 9.69 Å². The van der Waals surface area contributed by atoms with Crippen LogP contribution in [0.5, 0.6) is 0 Å². The highest BCUT2D eigenvalue weighted by Gasteiger charge is 2.38. The number of Topliss-reactive ketones (excluding diaryl/α,β-unsaturated/α-hetero) is 1. The quantitative estimate of drug-likeness (QED) is 0.770. The second-order valence-corrected chi connectivity index (χ2v) is 5.31. The van der Waals surface area contributed by atoms with Crippen molar-refractivity contribution in [3.8, 4) is 0 Å². The molecule has 3 rings (SSSR count). The van der Waals surface area contributed by atoms with E-state index in [1.807, 2.05) is 0 Å². The van der Waals surface area contributed by atoms with E-state index in [2.05, 4.69) is 4.90 Å². The number of fused-ring (bicyclic) bond motifs is 2. The Kier molecular flexibility index (Phi) is 2.90. The molecule has 0 aromatic heterocycles. The van der Waals surface area contributed by atoms with Crippen molar-refractivity contribution in [2.24, 2.45) is 5.92 Å². The van der Waals surface area contributed by atoms with Crippen molar-refractivity contribution in [3.63, 3.8) is 0 Å². The summed E-state index contributed by atoms with van der Waals surface area (Å²) in [7, 11) is 0. The molecule has 2 unspecified atom stereocenters. The van der Waals surface area contributed by atoms with Crippen molar-refractivity contribution in [2.45, 2.75) is 25.3 Å². The molecule has 18 heavy (non-hydrogen) atoms. The normalized spacial score (nSPS) is 26.8. The first kappa shape index (κ1) is 11.8. The van der Waals surface area contributed by atoms with Gasteiger partial charge in [0.2, 0.25) is 0 Å². The molecule has 1 aliphatic carbocycles. The molecule has 2 fully saturated rings. The molecule has 0 spiro atoms. The molecule has 2 nitrogen and oxygen atoms in total. The maximum Gasteiger partial charge on any atom is 0.179 e. The zero-order chi connectivity index (χ0) is 12.7. The van der Waals surface area contributed by atoms with E-state index in [-0.39, 0.29) is 17.9 Å². The average Bonchev–Trinajstić information content (AvgIpc) is 2.90. The van der Waals surface area contributed by atoms with Crippen molar-refractivity contribution in [3.05, 3.63) is 35.4 Å². The summed E-state index contributed by atoms with van der Waals surface area (Å²) in [6.07, 6.45) is 3.56. The Morgan fingerprint density at radius 3 is 2.78 bits per heavy atom. The molecule has 1 aromatic carbocycles. The first-order chi connectivity index (χ1) is 8.63. The Bertz CT molecular complexity index is 489. The summed E-state index contributed by atoms with van der Waals surface area (Å²) >= 11 is 0. The van der Waals surface area contributed by atoms with E-state index in [0.717, 1.165) is 25.1 Å². The zero-order valence-electron chi connectivity index (χ0n) is 10.0. The number of halogens is 2. The molecule has 96 valence electrons. The molecule has 2 atom stereocenters. The molecule has 0 N–H and O–H groups in total. The number of benzene rings is 1. The Morgan fingerprint density at radius 1 is 1.33 bits per heavy atom. The minimum atomic E-state index is -0.760. The lowest BCUT2D eigenvalue weighted by atomic mass is 10.1. The lowest BCUT2D eigenvalue weighted by Gasteiger charge is -2.25. The van der Waals surface area contributed by atoms with Crippen LogP contribution in [-0.4, -0.2) is 29.8 Å². The third-order valence-electron chi connectivity index (χ3n) is 4.10. The van der Waals surface area contributed by atoms with Gasteiger partial charge in [0.1, 0.15) is 11.6 Å². The van der Waals surface area contributed by atoms with Gasteiger partial charge in [-0.15, -0.1) is 0 Å². The topological polar surface area (TPSA) is 20.3 Å². The predicted octanol–water partition coefficient (Wildman–Crippen LogP) is 2.63. The molecular formula is C14H15F2NO. The summed E-state index contributed by atoms with van der Waals surface area (Å²) in [5.74, 6) is -0.949. The van der Waals surface area contributed by atoms with E-state index >= 15 is 0 Å². The summed E-state index contributed by atoms with van der Waals surface area (Å²) in [4.78, 5) is 14.1. The Morgan fingerprint density at radius 2 is 2.17 bits per heavy atom. The monoisotopic (exact) mass is 251 g/mol. The molecule has 1 saturated carbocycles. The van der Waals surface area contributed by atoms with Crippen LogP contribution in [0.3, 0.4) is 0 Å². The fourth-order valence-electron chi connectivity index (χ4n) is 3.21. The van der Waals surface area contributed by atoms with Gasteiger partial charge in [-0.2, -0.15) is 0 Å². The van der Waals surface area contributed by atoms with Crippen LogP contribution in [0.4, 0.5) is 8.78 Å². The fourth-order valence-corrected chi connectivity index (χ4v) is 3.21. The van der Waals surface area contributed by atoms with Crippen molar-refractivity contribution in [2.75, 3.05) is 13.1 Å². The van der Waals surface area contributed by atoms with Crippen LogP contribution in [0.1, 0.15) is 29.6 Å². The largest absolute Gasteiger partial charge is 0.293 e. The van der Waals surface area contributed by atoms with Crippen LogP contribution in [0.25, 0.3) is 0 Å². The lowest BCUT2D eigenvalue weighted by molar-refractivity contribution is 0.0901. The highest BCUT2D eigenvalue weighted by Crippen LogP contribution is 2.37. The molecule has 1 heterocycles. The molecule has 0 amide bonds. The number of carbonyl (C=O) groups is 1. The number of ketones is 1. The van der Waals surface area contributed by atoms with E-state index in [4.69, 9.17) is 0 Å². The minimum Gasteiger partial charge on any atom is -0.293 e. The zero-order valence-corrected chi connectivity index (χ0v) is 10.0. The lowest BCUT2D eigenvalue weighted by Crippen LogP contribution is -2.36. The van der Waals surface area contributed by atoms with Crippen molar-refractivity contribution < 1.29 is 13.6 Å². The second kappa shape index (κ2) is 4.43. The van der Waals surface area contributed by atoms with E-state index in [1.54, 1.807) is 0 Å². The first-order valence-corrected chi connectivity index (χ1v) is 6.36. The van der Waals surface area contributed by atoms with Crippen LogP contribution in [0.15, 0.2) is 18.2 Å². The highest BCUT2D eigenvalue weighted by atomic mass is 19.1. The number of likely N-dealkylation sites (tertiary alicyclic amines) is 1. The molecule has 0 radical (unpaired) electrons. The number of carbonyl (C=O) groups excluding carboxylic acids is 1. The second-order valence-electron chi connectivity index (χ2n) is 5.31. The van der Waals surface area contributed by atoms with Crippen LogP contribution < -0.4 is 0 Å². The molecule has 1 aliphatic heterocycles. The summed E-state index contributed by atoms with van der Waals surface area (Å²) < 4.78 is 26.3. The third-order valence-corrected chi connectivity index (χ3v) is 4.10. The van der Waals surface area contributed by atoms with E-state index in [1.165, 1.54) is 18.9 Å². The van der Waals surface area contributed by atoms with Gasteiger partial charge in [-0.05, 0) is 37.3 Å². The summed E-state index contributed by atoms with van der Waals surface area (Å²) in [6.45, 7) is 1.20. The van der Waals surface area contributed by atoms with Crippen LogP contribution in [0, 0.1) is 17.6 Å². The third kappa shape index (κ3) is 2.05. The van der Waals surface area contributed by atoms with Crippen LogP contribution in [0.2, 0.25) is 0 Å². The molecule has 1 aromatic rings. The van der Waals surface area contributed by atoms with Crippen molar-refractivity contribution >= 4 is 5.78 Å². The van der Waals surface area contributed by atoms with Gasteiger partial charge < -0.3 is 0 Å². The number of hydrogen-bond acceptors (Lipinski definition) is 2. The van der Waals surface area contributed by atoms with Gasteiger partial charge in [0.15, 0.2) is 5.78 Å². The molecule has 1 saturated heterocycles. The fraction of sp³-hybridized carbons (Fsp3) is 0.500. The van der Waals surface area contributed by atoms with Crippen LogP contribution in [-0.2, 0) is 0 Å². The summed E-state index contributed by atoms with van der Waals surface area (Å²) in [5, 5.41) is 0. The van der Waals surface area contributed by atoms with E-state index < -0.39 is 11.6 Å². The predicted molar refractivity (Wildman–Crippen MR) is 63.4 cm³/mol. The molecular weight excluding hydrogens is 236 g/mol. The molecule has 2 aliphatic rings. The van der Waals surface area contributed by atoms with Gasteiger partial charge in [0, 0.05) is 18.7 Å². The van der Waals surface area contributed by atoms with Gasteiger partial charge in [-0.25, -0.2) is 8.78 Å². The maximum absolute atomic E-state index is 13.5. The van der Waals surface area contributed by atoms with E-state index in [0.29, 0.717) is 12.0 Å². The van der Waals surface area contributed by atoms with Crippen molar-refractivity contribution in [1.29, 1.82) is 0 Å². The summed E-state index contributed by atoms with van der Waals surface area (Å²) in [5.41, 5.74) is -0.000765. The smallest absolute Gasteiger partial charge is 0.179 e. The number of rotatable bonds is 3. The minimum absolute atomic E-state index is 0.000765. The Labute approximate surface area is 105 Å². The standard InChI is InChI=1S/C14H15F2NO/c15-10-2-4-12(13(16)6-10)14(18)8-17-7-9-1-3-11(17)5-9/h2,4,6,9,11H,1,3,5,7-8H2. The Balaban J connectivity index is 1.71. The van der Waals surface area contributed by atoms with E-state index in [9.17, 15) is 13.6 Å². The van der Waals surface area contributed by atoms with Gasteiger partial charge in [-0.1, -0.05) is 0 Å². The maximum atomic E-state index is 13.5. The molecule has 2 bridgehead atoms.